The molecule has 1 N–H and O–H groups in total. The number of hydrogen-bond donors (Lipinski definition) is 1. The molecule has 0 saturated heterocycles. The van der Waals surface area contributed by atoms with Crippen molar-refractivity contribution in [2.24, 2.45) is 5.92 Å². The Morgan fingerprint density at radius 1 is 1.22 bits per heavy atom. The summed E-state index contributed by atoms with van der Waals surface area (Å²) in [7, 11) is -1.53. The first-order valence-corrected chi connectivity index (χ1v) is 14.6. The Balaban J connectivity index is 1.73. The molecule has 0 radical (unpaired) electrons. The van der Waals surface area contributed by atoms with Gasteiger partial charge in [0.25, 0.3) is 5.91 Å². The zero-order valence-electron chi connectivity index (χ0n) is 21.8. The molecule has 2 aromatic rings. The summed E-state index contributed by atoms with van der Waals surface area (Å²) in [6.45, 7) is 4.70. The summed E-state index contributed by atoms with van der Waals surface area (Å²) in [4.78, 5) is 13.0. The van der Waals surface area contributed by atoms with Gasteiger partial charge in [-0.1, -0.05) is 6.07 Å². The first kappa shape index (κ1) is 29.0. The van der Waals surface area contributed by atoms with Crippen LogP contribution in [0.25, 0.3) is 11.3 Å². The predicted molar refractivity (Wildman–Crippen MR) is 137 cm³/mol. The fourth-order valence-corrected chi connectivity index (χ4v) is 6.13. The van der Waals surface area contributed by atoms with Gasteiger partial charge in [0.1, 0.15) is 15.6 Å². The fourth-order valence-electron chi connectivity index (χ4n) is 5.00. The number of hydrogen-bond acceptors (Lipinski definition) is 5. The lowest BCUT2D eigenvalue weighted by Gasteiger charge is -2.27. The molecule has 1 fully saturated rings. The Bertz CT molecular complexity index is 1200. The highest BCUT2D eigenvalue weighted by Gasteiger charge is 2.29. The number of halogens is 3. The summed E-state index contributed by atoms with van der Waals surface area (Å²) >= 11 is 0. The van der Waals surface area contributed by atoms with Gasteiger partial charge in [0.05, 0.1) is 18.1 Å². The predicted octanol–water partition coefficient (Wildman–Crippen LogP) is 5.11. The molecule has 0 bridgehead atoms. The van der Waals surface area contributed by atoms with Crippen LogP contribution in [0.1, 0.15) is 67.1 Å². The first-order valence-electron chi connectivity index (χ1n) is 12.6. The van der Waals surface area contributed by atoms with Gasteiger partial charge < -0.3 is 10.1 Å². The molecule has 1 aliphatic carbocycles. The molecule has 7 nitrogen and oxygen atoms in total. The van der Waals surface area contributed by atoms with Gasteiger partial charge in [-0.25, -0.2) is 8.42 Å². The molecule has 37 heavy (non-hydrogen) atoms. The summed E-state index contributed by atoms with van der Waals surface area (Å²) in [6, 6.07) is 5.33. The van der Waals surface area contributed by atoms with E-state index in [4.69, 9.17) is 4.74 Å². The third-order valence-electron chi connectivity index (χ3n) is 7.10. The minimum atomic E-state index is -4.18. The summed E-state index contributed by atoms with van der Waals surface area (Å²) < 4.78 is 68.4. The standard InChI is InChI=1S/C26H36F3N3O4S/c1-5-32-24(21-13-10-18(15-22(21)36-3)7-6-14-26(27,28)29)17(2)23(31-32)25(33)30-16-19-8-11-20(12-9-19)37(4,34)35/h10,13,15,19-20H,5-9,11-12,14,16H2,1-4H3,(H,30,33). The monoisotopic (exact) mass is 543 g/mol. The van der Waals surface area contributed by atoms with E-state index in [0.717, 1.165) is 24.1 Å². The molecule has 1 saturated carbocycles. The van der Waals surface area contributed by atoms with Gasteiger partial charge in [-0.3, -0.25) is 9.48 Å². The molecule has 0 spiro atoms. The molecule has 1 aromatic carbocycles. The van der Waals surface area contributed by atoms with E-state index < -0.39 is 22.4 Å². The Hall–Kier alpha value is -2.56. The van der Waals surface area contributed by atoms with Gasteiger partial charge >= 0.3 is 6.18 Å². The van der Waals surface area contributed by atoms with Gasteiger partial charge in [0.2, 0.25) is 0 Å². The van der Waals surface area contributed by atoms with Crippen LogP contribution in [0, 0.1) is 12.8 Å². The summed E-state index contributed by atoms with van der Waals surface area (Å²) in [5, 5.41) is 7.20. The lowest BCUT2D eigenvalue weighted by molar-refractivity contribution is -0.135. The smallest absolute Gasteiger partial charge is 0.389 e. The summed E-state index contributed by atoms with van der Waals surface area (Å²) in [6.07, 6.45) is -0.743. The number of carbonyl (C=O) groups excluding carboxylic acids is 1. The van der Waals surface area contributed by atoms with Gasteiger partial charge in [0, 0.05) is 36.9 Å². The third-order valence-corrected chi connectivity index (χ3v) is 8.78. The number of methoxy groups -OCH3 is 1. The highest BCUT2D eigenvalue weighted by Crippen LogP contribution is 2.35. The van der Waals surface area contributed by atoms with Crippen LogP contribution in [0.2, 0.25) is 0 Å². The minimum Gasteiger partial charge on any atom is -0.496 e. The van der Waals surface area contributed by atoms with Crippen LogP contribution in [0.15, 0.2) is 18.2 Å². The molecule has 206 valence electrons. The second kappa shape index (κ2) is 11.9. The Morgan fingerprint density at radius 2 is 1.89 bits per heavy atom. The van der Waals surface area contributed by atoms with Crippen molar-refractivity contribution in [3.63, 3.8) is 0 Å². The average molecular weight is 544 g/mol. The number of amides is 1. The van der Waals surface area contributed by atoms with Gasteiger partial charge in [-0.05, 0) is 76.0 Å². The lowest BCUT2D eigenvalue weighted by Crippen LogP contribution is -2.34. The van der Waals surface area contributed by atoms with Gasteiger partial charge in [0.15, 0.2) is 5.69 Å². The van der Waals surface area contributed by atoms with E-state index >= 15 is 0 Å². The number of nitrogens with one attached hydrogen (secondary N) is 1. The van der Waals surface area contributed by atoms with E-state index in [1.807, 2.05) is 13.8 Å². The Labute approximate surface area is 216 Å². The quantitative estimate of drug-likeness (QED) is 0.450. The summed E-state index contributed by atoms with van der Waals surface area (Å²) in [5.41, 5.74) is 3.17. The van der Waals surface area contributed by atoms with Gasteiger partial charge in [-0.15, -0.1) is 0 Å². The van der Waals surface area contributed by atoms with Crippen LogP contribution in [0.4, 0.5) is 13.2 Å². The maximum atomic E-state index is 13.0. The zero-order valence-corrected chi connectivity index (χ0v) is 22.6. The van der Waals surface area contributed by atoms with Crippen molar-refractivity contribution >= 4 is 15.7 Å². The Morgan fingerprint density at radius 3 is 2.46 bits per heavy atom. The van der Waals surface area contributed by atoms with E-state index in [1.165, 1.54) is 13.4 Å². The average Bonchev–Trinajstić information content (AvgIpc) is 3.17. The van der Waals surface area contributed by atoms with E-state index in [9.17, 15) is 26.4 Å². The molecule has 1 aliphatic rings. The van der Waals surface area contributed by atoms with E-state index in [1.54, 1.807) is 22.9 Å². The van der Waals surface area contributed by atoms with Crippen LogP contribution >= 0.6 is 0 Å². The van der Waals surface area contributed by atoms with E-state index in [0.29, 0.717) is 48.5 Å². The van der Waals surface area contributed by atoms with Crippen molar-refractivity contribution in [2.75, 3.05) is 19.9 Å². The van der Waals surface area contributed by atoms with Crippen LogP contribution in [0.3, 0.4) is 0 Å². The van der Waals surface area contributed by atoms with Crippen molar-refractivity contribution in [1.82, 2.24) is 15.1 Å². The van der Waals surface area contributed by atoms with Crippen molar-refractivity contribution in [3.05, 3.63) is 35.0 Å². The molecular formula is C26H36F3N3O4S. The molecule has 0 atom stereocenters. The number of aromatic nitrogens is 2. The largest absolute Gasteiger partial charge is 0.496 e. The number of benzene rings is 1. The highest BCUT2D eigenvalue weighted by atomic mass is 32.2. The SMILES string of the molecule is CCn1nc(C(=O)NCC2CCC(S(C)(=O)=O)CC2)c(C)c1-c1ccc(CCCC(F)(F)F)cc1OC. The van der Waals surface area contributed by atoms with Crippen LogP contribution in [-0.4, -0.2) is 55.4 Å². The minimum absolute atomic E-state index is 0.00184. The topological polar surface area (TPSA) is 90.3 Å². The van der Waals surface area contributed by atoms with Crippen LogP contribution < -0.4 is 10.1 Å². The zero-order chi connectivity index (χ0) is 27.4. The Kier molecular flexibility index (Phi) is 9.31. The van der Waals surface area contributed by atoms with Crippen molar-refractivity contribution in [3.8, 4) is 17.0 Å². The highest BCUT2D eigenvalue weighted by molar-refractivity contribution is 7.91. The van der Waals surface area contributed by atoms with Crippen molar-refractivity contribution < 1.29 is 31.1 Å². The number of ether oxygens (including phenoxy) is 1. The lowest BCUT2D eigenvalue weighted by atomic mass is 9.89. The van der Waals surface area contributed by atoms with Crippen LogP contribution in [0.5, 0.6) is 5.75 Å². The van der Waals surface area contributed by atoms with Crippen LogP contribution in [-0.2, 0) is 22.8 Å². The van der Waals surface area contributed by atoms with E-state index in [-0.39, 0.29) is 29.9 Å². The van der Waals surface area contributed by atoms with Gasteiger partial charge in [-0.2, -0.15) is 18.3 Å². The maximum absolute atomic E-state index is 13.0. The molecule has 1 heterocycles. The number of alkyl halides is 3. The third kappa shape index (κ3) is 7.49. The second-order valence-electron chi connectivity index (χ2n) is 9.82. The second-order valence-corrected chi connectivity index (χ2v) is 12.1. The number of aryl methyl sites for hydroxylation is 2. The maximum Gasteiger partial charge on any atom is 0.389 e. The molecule has 11 heteroatoms. The fraction of sp³-hybridized carbons (Fsp3) is 0.615. The molecule has 0 aliphatic heterocycles. The first-order chi connectivity index (χ1) is 17.3. The number of nitrogens with zero attached hydrogens (tertiary/aromatic N) is 2. The number of carbonyl (C=O) groups is 1. The normalized spacial score (nSPS) is 18.6. The molecule has 3 rings (SSSR count). The molecule has 1 amide bonds. The van der Waals surface area contributed by atoms with Crippen molar-refractivity contribution in [2.45, 2.75) is 76.8 Å². The van der Waals surface area contributed by atoms with E-state index in [2.05, 4.69) is 10.4 Å². The molecule has 0 unspecified atom stereocenters. The molecular weight excluding hydrogens is 507 g/mol. The number of rotatable bonds is 10. The summed E-state index contributed by atoms with van der Waals surface area (Å²) in [5.74, 6) is 0.440. The number of sulfone groups is 1. The molecule has 1 aromatic heterocycles. The van der Waals surface area contributed by atoms with Crippen molar-refractivity contribution in [1.29, 1.82) is 0 Å².